The molecule has 2 aromatic rings. The molecule has 0 saturated heterocycles. The van der Waals surface area contributed by atoms with Crippen molar-refractivity contribution in [2.75, 3.05) is 11.1 Å². The van der Waals surface area contributed by atoms with Gasteiger partial charge in [0.05, 0.1) is 0 Å². The summed E-state index contributed by atoms with van der Waals surface area (Å²) in [6, 6.07) is 13.0. The maximum Gasteiger partial charge on any atom is 0.326 e. The number of carboxylic acid groups (broad SMARTS) is 1. The lowest BCUT2D eigenvalue weighted by Crippen LogP contribution is -2.30. The monoisotopic (exact) mass is 247 g/mol. The molecule has 0 heterocycles. The highest BCUT2D eigenvalue weighted by Crippen LogP contribution is 2.23. The molecule has 0 amide bonds. The van der Waals surface area contributed by atoms with Crippen molar-refractivity contribution >= 4 is 35.1 Å². The van der Waals surface area contributed by atoms with Crippen LogP contribution in [0.25, 0.3) is 10.8 Å². The van der Waals surface area contributed by atoms with Gasteiger partial charge in [-0.2, -0.15) is 12.6 Å². The van der Waals surface area contributed by atoms with Gasteiger partial charge in [0, 0.05) is 16.8 Å². The molecular weight excluding hydrogens is 234 g/mol. The van der Waals surface area contributed by atoms with Gasteiger partial charge in [-0.15, -0.1) is 0 Å². The fourth-order valence-electron chi connectivity index (χ4n) is 1.72. The van der Waals surface area contributed by atoms with E-state index in [1.807, 2.05) is 42.5 Å². The predicted octanol–water partition coefficient (Wildman–Crippen LogP) is 2.63. The molecule has 0 unspecified atom stereocenters. The van der Waals surface area contributed by atoms with Crippen LogP contribution in [0.2, 0.25) is 0 Å². The molecule has 88 valence electrons. The van der Waals surface area contributed by atoms with Crippen LogP contribution in [0.1, 0.15) is 0 Å². The molecule has 0 fully saturated rings. The fraction of sp³-hybridized carbons (Fsp3) is 0.154. The van der Waals surface area contributed by atoms with Crippen molar-refractivity contribution in [2.24, 2.45) is 0 Å². The van der Waals surface area contributed by atoms with Crippen molar-refractivity contribution in [1.29, 1.82) is 0 Å². The van der Waals surface area contributed by atoms with Crippen LogP contribution < -0.4 is 5.32 Å². The van der Waals surface area contributed by atoms with Crippen molar-refractivity contribution in [2.45, 2.75) is 6.04 Å². The van der Waals surface area contributed by atoms with E-state index in [-0.39, 0.29) is 5.75 Å². The summed E-state index contributed by atoms with van der Waals surface area (Å²) in [6.07, 6.45) is 0. The van der Waals surface area contributed by atoms with E-state index in [0.29, 0.717) is 0 Å². The van der Waals surface area contributed by atoms with Crippen LogP contribution in [-0.4, -0.2) is 22.9 Å². The lowest BCUT2D eigenvalue weighted by molar-refractivity contribution is -0.137. The number of nitrogens with one attached hydrogen (secondary N) is 1. The van der Waals surface area contributed by atoms with Gasteiger partial charge < -0.3 is 10.4 Å². The molecule has 0 radical (unpaired) electrons. The topological polar surface area (TPSA) is 49.3 Å². The Balaban J connectivity index is 2.38. The molecule has 0 aliphatic heterocycles. The molecule has 2 N–H and O–H groups in total. The Morgan fingerprint density at radius 2 is 1.94 bits per heavy atom. The third-order valence-corrected chi connectivity index (χ3v) is 2.97. The van der Waals surface area contributed by atoms with Gasteiger partial charge >= 0.3 is 5.97 Å². The van der Waals surface area contributed by atoms with E-state index in [1.165, 1.54) is 0 Å². The summed E-state index contributed by atoms with van der Waals surface area (Å²) in [5, 5.41) is 14.1. The predicted molar refractivity (Wildman–Crippen MR) is 72.8 cm³/mol. The van der Waals surface area contributed by atoms with Crippen molar-refractivity contribution in [3.63, 3.8) is 0 Å². The standard InChI is InChI=1S/C13H13NO2S/c15-13(16)12(8-17)14-11-7-3-5-9-4-1-2-6-10(9)11/h1-7,12,14,17H,8H2,(H,15,16)/t12-/m0/s1. The van der Waals surface area contributed by atoms with Crippen molar-refractivity contribution < 1.29 is 9.90 Å². The van der Waals surface area contributed by atoms with E-state index in [0.717, 1.165) is 16.5 Å². The van der Waals surface area contributed by atoms with E-state index < -0.39 is 12.0 Å². The number of rotatable bonds is 4. The lowest BCUT2D eigenvalue weighted by Gasteiger charge is -2.15. The first-order chi connectivity index (χ1) is 8.22. The first-order valence-corrected chi connectivity index (χ1v) is 5.93. The van der Waals surface area contributed by atoms with Crippen LogP contribution in [0.5, 0.6) is 0 Å². The normalized spacial score (nSPS) is 12.3. The molecular formula is C13H13NO2S. The summed E-state index contributed by atoms with van der Waals surface area (Å²) in [5.74, 6) is -0.647. The first-order valence-electron chi connectivity index (χ1n) is 5.30. The molecule has 0 aliphatic carbocycles. The van der Waals surface area contributed by atoms with Gasteiger partial charge in [0.15, 0.2) is 0 Å². The Kier molecular flexibility index (Phi) is 3.54. The second-order valence-corrected chi connectivity index (χ2v) is 4.11. The third-order valence-electron chi connectivity index (χ3n) is 2.60. The number of carbonyl (C=O) groups is 1. The largest absolute Gasteiger partial charge is 0.480 e. The Morgan fingerprint density at radius 3 is 2.65 bits per heavy atom. The molecule has 0 aliphatic rings. The number of anilines is 1. The SMILES string of the molecule is O=C(O)[C@H](CS)Nc1cccc2ccccc12. The van der Waals surface area contributed by atoms with Crippen LogP contribution >= 0.6 is 12.6 Å². The molecule has 0 spiro atoms. The smallest absolute Gasteiger partial charge is 0.326 e. The summed E-state index contributed by atoms with van der Waals surface area (Å²) < 4.78 is 0. The van der Waals surface area contributed by atoms with Gasteiger partial charge in [-0.1, -0.05) is 36.4 Å². The number of carboxylic acids is 1. The summed E-state index contributed by atoms with van der Waals surface area (Å²) in [4.78, 5) is 11.0. The van der Waals surface area contributed by atoms with E-state index in [4.69, 9.17) is 5.11 Å². The van der Waals surface area contributed by atoms with Crippen molar-refractivity contribution in [1.82, 2.24) is 0 Å². The Bertz CT molecular complexity index is 536. The quantitative estimate of drug-likeness (QED) is 0.728. The Hall–Kier alpha value is -1.68. The highest BCUT2D eigenvalue weighted by molar-refractivity contribution is 7.80. The Morgan fingerprint density at radius 1 is 1.24 bits per heavy atom. The summed E-state index contributed by atoms with van der Waals surface area (Å²) in [5.41, 5.74) is 0.824. The van der Waals surface area contributed by atoms with Gasteiger partial charge in [0.25, 0.3) is 0 Å². The maximum atomic E-state index is 11.0. The van der Waals surface area contributed by atoms with Crippen LogP contribution in [0.4, 0.5) is 5.69 Å². The zero-order chi connectivity index (χ0) is 12.3. The van der Waals surface area contributed by atoms with E-state index in [1.54, 1.807) is 0 Å². The van der Waals surface area contributed by atoms with Crippen molar-refractivity contribution in [3.8, 4) is 0 Å². The molecule has 2 aromatic carbocycles. The van der Waals surface area contributed by atoms with Crippen LogP contribution in [-0.2, 0) is 4.79 Å². The van der Waals surface area contributed by atoms with Crippen LogP contribution in [0.3, 0.4) is 0 Å². The van der Waals surface area contributed by atoms with E-state index in [2.05, 4.69) is 17.9 Å². The number of fused-ring (bicyclic) bond motifs is 1. The maximum absolute atomic E-state index is 11.0. The number of hydrogen-bond acceptors (Lipinski definition) is 3. The van der Waals surface area contributed by atoms with Crippen LogP contribution in [0.15, 0.2) is 42.5 Å². The fourth-order valence-corrected chi connectivity index (χ4v) is 1.97. The summed E-state index contributed by atoms with van der Waals surface area (Å²) >= 11 is 4.04. The van der Waals surface area contributed by atoms with Gasteiger partial charge in [-0.05, 0) is 11.5 Å². The summed E-state index contributed by atoms with van der Waals surface area (Å²) in [6.45, 7) is 0. The van der Waals surface area contributed by atoms with E-state index in [9.17, 15) is 4.79 Å². The van der Waals surface area contributed by atoms with Gasteiger partial charge in [0.1, 0.15) is 6.04 Å². The number of benzene rings is 2. The average molecular weight is 247 g/mol. The van der Waals surface area contributed by atoms with Gasteiger partial charge in [0.2, 0.25) is 0 Å². The second kappa shape index (κ2) is 5.10. The zero-order valence-electron chi connectivity index (χ0n) is 9.13. The highest BCUT2D eigenvalue weighted by Gasteiger charge is 2.15. The number of aliphatic carboxylic acids is 1. The summed E-state index contributed by atoms with van der Waals surface area (Å²) in [7, 11) is 0. The molecule has 0 aromatic heterocycles. The van der Waals surface area contributed by atoms with Crippen molar-refractivity contribution in [3.05, 3.63) is 42.5 Å². The number of hydrogen-bond donors (Lipinski definition) is 3. The minimum absolute atomic E-state index is 0.249. The highest BCUT2D eigenvalue weighted by atomic mass is 32.1. The minimum atomic E-state index is -0.895. The molecule has 2 rings (SSSR count). The molecule has 0 bridgehead atoms. The first kappa shape index (κ1) is 11.8. The Labute approximate surface area is 105 Å². The number of thiol groups is 1. The molecule has 17 heavy (non-hydrogen) atoms. The zero-order valence-corrected chi connectivity index (χ0v) is 10.0. The van der Waals surface area contributed by atoms with E-state index >= 15 is 0 Å². The molecule has 0 saturated carbocycles. The third kappa shape index (κ3) is 2.53. The molecule has 3 nitrogen and oxygen atoms in total. The van der Waals surface area contributed by atoms with Gasteiger partial charge in [-0.3, -0.25) is 0 Å². The van der Waals surface area contributed by atoms with Gasteiger partial charge in [-0.25, -0.2) is 4.79 Å². The minimum Gasteiger partial charge on any atom is -0.480 e. The molecule has 4 heteroatoms. The second-order valence-electron chi connectivity index (χ2n) is 3.74. The molecule has 1 atom stereocenters. The average Bonchev–Trinajstić information content (AvgIpc) is 2.35. The lowest BCUT2D eigenvalue weighted by atomic mass is 10.1. The van der Waals surface area contributed by atoms with Crippen LogP contribution in [0, 0.1) is 0 Å².